The molecule has 1 N–H and O–H groups in total. The number of amides is 1. The van der Waals surface area contributed by atoms with Crippen molar-refractivity contribution in [3.8, 4) is 0 Å². The molecule has 0 aliphatic carbocycles. The van der Waals surface area contributed by atoms with Crippen LogP contribution in [0.25, 0.3) is 0 Å². The number of carbonyl (C=O) groups is 2. The molecule has 1 fully saturated rings. The summed E-state index contributed by atoms with van der Waals surface area (Å²) in [5.74, 6) is 0.135. The zero-order valence-corrected chi connectivity index (χ0v) is 11.3. The standard InChI is InChI=1S/C15H18N2O2/c1-11(16-13-6-4-3-5-7-13)14-10-17(12(2)18)9-8-15(14)19/h3-7,16H,8-10H2,1-2H3/b14-11+. The van der Waals surface area contributed by atoms with Gasteiger partial charge >= 0.3 is 0 Å². The van der Waals surface area contributed by atoms with Crippen LogP contribution >= 0.6 is 0 Å². The molecule has 1 aliphatic rings. The summed E-state index contributed by atoms with van der Waals surface area (Å²) in [6.07, 6.45) is 0.405. The summed E-state index contributed by atoms with van der Waals surface area (Å²) in [6.45, 7) is 4.34. The van der Waals surface area contributed by atoms with E-state index < -0.39 is 0 Å². The Morgan fingerprint density at radius 3 is 2.53 bits per heavy atom. The molecule has 0 spiro atoms. The van der Waals surface area contributed by atoms with Crippen molar-refractivity contribution in [1.29, 1.82) is 0 Å². The maximum atomic E-state index is 12.0. The number of allylic oxidation sites excluding steroid dienone is 1. The Kier molecular flexibility index (Phi) is 4.00. The van der Waals surface area contributed by atoms with Gasteiger partial charge in [-0.2, -0.15) is 0 Å². The highest BCUT2D eigenvalue weighted by molar-refractivity contribution is 5.98. The molecule has 0 aromatic heterocycles. The number of hydrogen-bond acceptors (Lipinski definition) is 3. The van der Waals surface area contributed by atoms with Crippen molar-refractivity contribution in [2.45, 2.75) is 20.3 Å². The summed E-state index contributed by atoms with van der Waals surface area (Å²) in [5, 5.41) is 3.22. The molecule has 1 amide bonds. The van der Waals surface area contributed by atoms with Gasteiger partial charge in [0.05, 0.1) is 6.54 Å². The maximum Gasteiger partial charge on any atom is 0.219 e. The van der Waals surface area contributed by atoms with E-state index in [-0.39, 0.29) is 11.7 Å². The van der Waals surface area contributed by atoms with Crippen molar-refractivity contribution in [2.75, 3.05) is 18.4 Å². The van der Waals surface area contributed by atoms with E-state index in [1.54, 1.807) is 4.90 Å². The molecule has 4 heteroatoms. The smallest absolute Gasteiger partial charge is 0.219 e. The van der Waals surface area contributed by atoms with Crippen LogP contribution in [0.2, 0.25) is 0 Å². The van der Waals surface area contributed by atoms with Crippen LogP contribution in [0.15, 0.2) is 41.6 Å². The lowest BCUT2D eigenvalue weighted by Gasteiger charge is -2.28. The van der Waals surface area contributed by atoms with Crippen molar-refractivity contribution < 1.29 is 9.59 Å². The highest BCUT2D eigenvalue weighted by Crippen LogP contribution is 2.18. The fourth-order valence-electron chi connectivity index (χ4n) is 2.16. The van der Waals surface area contributed by atoms with E-state index in [0.717, 1.165) is 11.4 Å². The third-order valence-corrected chi connectivity index (χ3v) is 3.30. The first kappa shape index (κ1) is 13.3. The summed E-state index contributed by atoms with van der Waals surface area (Å²) in [4.78, 5) is 25.1. The fourth-order valence-corrected chi connectivity index (χ4v) is 2.16. The number of rotatable bonds is 2. The highest BCUT2D eigenvalue weighted by Gasteiger charge is 2.24. The molecule has 100 valence electrons. The molecule has 1 aromatic rings. The Bertz CT molecular complexity index is 520. The largest absolute Gasteiger partial charge is 0.359 e. The SMILES string of the molecule is CC(=O)N1CCC(=O)/C(=C(\C)Nc2ccccc2)C1. The lowest BCUT2D eigenvalue weighted by atomic mass is 10.0. The number of Topliss-reactive ketones (excluding diaryl/α,β-unsaturated/α-hetero) is 1. The molecule has 0 radical (unpaired) electrons. The number of carbonyl (C=O) groups excluding carboxylic acids is 2. The van der Waals surface area contributed by atoms with Crippen LogP contribution in [0.1, 0.15) is 20.3 Å². The van der Waals surface area contributed by atoms with Gasteiger partial charge in [0, 0.05) is 36.8 Å². The third-order valence-electron chi connectivity index (χ3n) is 3.30. The third kappa shape index (κ3) is 3.22. The van der Waals surface area contributed by atoms with E-state index in [1.807, 2.05) is 37.3 Å². The number of piperidine rings is 1. The predicted octanol–water partition coefficient (Wildman–Crippen LogP) is 2.19. The molecule has 4 nitrogen and oxygen atoms in total. The average molecular weight is 258 g/mol. The van der Waals surface area contributed by atoms with Crippen molar-refractivity contribution in [1.82, 2.24) is 4.90 Å². The first-order valence-corrected chi connectivity index (χ1v) is 6.38. The second-order valence-corrected chi connectivity index (χ2v) is 4.71. The number of anilines is 1. The molecule has 1 saturated heterocycles. The molecule has 19 heavy (non-hydrogen) atoms. The van der Waals surface area contributed by atoms with Gasteiger partial charge in [-0.05, 0) is 19.1 Å². The van der Waals surface area contributed by atoms with E-state index >= 15 is 0 Å². The van der Waals surface area contributed by atoms with Crippen LogP contribution in [0.4, 0.5) is 5.69 Å². The van der Waals surface area contributed by atoms with Crippen LogP contribution in [0.3, 0.4) is 0 Å². The maximum absolute atomic E-state index is 12.0. The van der Waals surface area contributed by atoms with E-state index in [9.17, 15) is 9.59 Å². The van der Waals surface area contributed by atoms with Crippen LogP contribution in [-0.4, -0.2) is 29.7 Å². The molecule has 0 bridgehead atoms. The Morgan fingerprint density at radius 2 is 1.89 bits per heavy atom. The average Bonchev–Trinajstić information content (AvgIpc) is 2.40. The summed E-state index contributed by atoms with van der Waals surface area (Å²) >= 11 is 0. The fraction of sp³-hybridized carbons (Fsp3) is 0.333. The van der Waals surface area contributed by atoms with Gasteiger partial charge < -0.3 is 10.2 Å². The minimum atomic E-state index is 0.0116. The molecular weight excluding hydrogens is 240 g/mol. The minimum absolute atomic E-state index is 0.0116. The monoisotopic (exact) mass is 258 g/mol. The number of nitrogens with one attached hydrogen (secondary N) is 1. The molecule has 1 heterocycles. The van der Waals surface area contributed by atoms with Gasteiger partial charge in [0.1, 0.15) is 0 Å². The van der Waals surface area contributed by atoms with Crippen LogP contribution in [0, 0.1) is 0 Å². The lowest BCUT2D eigenvalue weighted by Crippen LogP contribution is -2.39. The van der Waals surface area contributed by atoms with Gasteiger partial charge in [-0.15, -0.1) is 0 Å². The first-order chi connectivity index (χ1) is 9.08. The van der Waals surface area contributed by atoms with Crippen molar-refractivity contribution in [3.05, 3.63) is 41.6 Å². The zero-order chi connectivity index (χ0) is 13.8. The normalized spacial score (nSPS) is 18.2. The number of nitrogens with zero attached hydrogens (tertiary/aromatic N) is 1. The van der Waals surface area contributed by atoms with Gasteiger partial charge in [-0.3, -0.25) is 9.59 Å². The summed E-state index contributed by atoms with van der Waals surface area (Å²) in [7, 11) is 0. The van der Waals surface area contributed by atoms with E-state index in [0.29, 0.717) is 25.1 Å². The van der Waals surface area contributed by atoms with Crippen molar-refractivity contribution >= 4 is 17.4 Å². The number of para-hydroxylation sites is 1. The van der Waals surface area contributed by atoms with Crippen molar-refractivity contribution in [2.24, 2.45) is 0 Å². The van der Waals surface area contributed by atoms with Crippen LogP contribution < -0.4 is 5.32 Å². The number of hydrogen-bond donors (Lipinski definition) is 1. The molecule has 1 aliphatic heterocycles. The van der Waals surface area contributed by atoms with Gasteiger partial charge in [-0.1, -0.05) is 18.2 Å². The summed E-state index contributed by atoms with van der Waals surface area (Å²) < 4.78 is 0. The Balaban J connectivity index is 2.18. The molecular formula is C15H18N2O2. The highest BCUT2D eigenvalue weighted by atomic mass is 16.2. The summed E-state index contributed by atoms with van der Waals surface area (Å²) in [5.41, 5.74) is 2.47. The topological polar surface area (TPSA) is 49.4 Å². The van der Waals surface area contributed by atoms with E-state index in [1.165, 1.54) is 6.92 Å². The number of likely N-dealkylation sites (tertiary alicyclic amines) is 1. The molecule has 2 rings (SSSR count). The molecule has 0 atom stereocenters. The Morgan fingerprint density at radius 1 is 1.21 bits per heavy atom. The molecule has 1 aromatic carbocycles. The quantitative estimate of drug-likeness (QED) is 0.827. The second kappa shape index (κ2) is 5.69. The van der Waals surface area contributed by atoms with Crippen molar-refractivity contribution in [3.63, 3.8) is 0 Å². The Labute approximate surface area is 113 Å². The second-order valence-electron chi connectivity index (χ2n) is 4.71. The predicted molar refractivity (Wildman–Crippen MR) is 74.6 cm³/mol. The molecule has 0 saturated carbocycles. The minimum Gasteiger partial charge on any atom is -0.359 e. The Hall–Kier alpha value is -2.10. The van der Waals surface area contributed by atoms with Gasteiger partial charge in [0.25, 0.3) is 0 Å². The van der Waals surface area contributed by atoms with Gasteiger partial charge in [0.15, 0.2) is 5.78 Å². The van der Waals surface area contributed by atoms with Gasteiger partial charge in [-0.25, -0.2) is 0 Å². The van der Waals surface area contributed by atoms with Crippen LogP contribution in [-0.2, 0) is 9.59 Å². The molecule has 0 unspecified atom stereocenters. The zero-order valence-electron chi connectivity index (χ0n) is 11.3. The number of benzene rings is 1. The first-order valence-electron chi connectivity index (χ1n) is 6.38. The summed E-state index contributed by atoms with van der Waals surface area (Å²) in [6, 6.07) is 9.70. The van der Waals surface area contributed by atoms with E-state index in [4.69, 9.17) is 0 Å². The lowest BCUT2D eigenvalue weighted by molar-refractivity contribution is -0.130. The number of ketones is 1. The van der Waals surface area contributed by atoms with E-state index in [2.05, 4.69) is 5.32 Å². The van der Waals surface area contributed by atoms with Gasteiger partial charge in [0.2, 0.25) is 5.91 Å². The van der Waals surface area contributed by atoms with Crippen LogP contribution in [0.5, 0.6) is 0 Å².